The highest BCUT2D eigenvalue weighted by Crippen LogP contribution is 2.24. The minimum Gasteiger partial charge on any atom is -0.334 e. The number of hydrogen-bond donors (Lipinski definition) is 1. The molecule has 19 heavy (non-hydrogen) atoms. The summed E-state index contributed by atoms with van der Waals surface area (Å²) in [5, 5.41) is 17.3. The summed E-state index contributed by atoms with van der Waals surface area (Å²) in [6.45, 7) is 3.91. The van der Waals surface area contributed by atoms with Gasteiger partial charge in [-0.05, 0) is 6.07 Å². The molecule has 0 aromatic heterocycles. The Morgan fingerprint density at radius 3 is 2.79 bits per heavy atom. The third-order valence-electron chi connectivity index (χ3n) is 3.13. The summed E-state index contributed by atoms with van der Waals surface area (Å²) in [5.41, 5.74) is 0.593. The first-order valence-electron chi connectivity index (χ1n) is 6.10. The first kappa shape index (κ1) is 13.8. The second-order valence-corrected chi connectivity index (χ2v) is 5.03. The van der Waals surface area contributed by atoms with Crippen molar-refractivity contribution in [2.45, 2.75) is 0 Å². The lowest BCUT2D eigenvalue weighted by molar-refractivity contribution is -0.884. The molecule has 1 aliphatic heterocycles. The number of piperazine rings is 1. The van der Waals surface area contributed by atoms with Crippen molar-refractivity contribution < 1.29 is 9.82 Å². The number of rotatable bonds is 3. The van der Waals surface area contributed by atoms with Crippen molar-refractivity contribution in [2.75, 3.05) is 33.2 Å². The maximum atomic E-state index is 10.8. The molecule has 6 nitrogen and oxygen atoms in total. The molecule has 0 atom stereocenters. The molecular weight excluding hydrogens is 268 g/mol. The largest absolute Gasteiger partial charge is 0.334 e. The van der Waals surface area contributed by atoms with Gasteiger partial charge in [0.25, 0.3) is 5.69 Å². The van der Waals surface area contributed by atoms with Crippen molar-refractivity contribution in [2.24, 2.45) is 5.10 Å². The molecule has 7 heteroatoms. The van der Waals surface area contributed by atoms with Crippen LogP contribution in [-0.4, -0.2) is 49.4 Å². The Kier molecular flexibility index (Phi) is 4.34. The fourth-order valence-corrected chi connectivity index (χ4v) is 2.08. The molecule has 0 aliphatic carbocycles. The van der Waals surface area contributed by atoms with Gasteiger partial charge >= 0.3 is 0 Å². The Bertz CT molecular complexity index is 499. The van der Waals surface area contributed by atoms with E-state index in [-0.39, 0.29) is 10.7 Å². The SMILES string of the molecule is C[NH+]1CCN(/N=C\c2ccc(Cl)c([N+](=O)[O-])c2)CC1. The fourth-order valence-electron chi connectivity index (χ4n) is 1.89. The van der Waals surface area contributed by atoms with Crippen molar-refractivity contribution in [3.05, 3.63) is 38.9 Å². The lowest BCUT2D eigenvalue weighted by atomic mass is 10.2. The van der Waals surface area contributed by atoms with Gasteiger partial charge in [0.2, 0.25) is 0 Å². The number of nitro benzene ring substituents is 1. The van der Waals surface area contributed by atoms with Crippen LogP contribution in [0.1, 0.15) is 5.56 Å². The summed E-state index contributed by atoms with van der Waals surface area (Å²) >= 11 is 5.76. The molecule has 102 valence electrons. The second-order valence-electron chi connectivity index (χ2n) is 4.62. The van der Waals surface area contributed by atoms with Crippen LogP contribution in [0.15, 0.2) is 23.3 Å². The van der Waals surface area contributed by atoms with Gasteiger partial charge in [-0.15, -0.1) is 0 Å². The number of nitro groups is 1. The van der Waals surface area contributed by atoms with Gasteiger partial charge in [0.05, 0.1) is 44.4 Å². The van der Waals surface area contributed by atoms with Gasteiger partial charge in [-0.25, -0.2) is 0 Å². The number of nitrogens with one attached hydrogen (secondary N) is 1. The highest BCUT2D eigenvalue weighted by molar-refractivity contribution is 6.32. The molecular formula is C12H16ClN4O2+. The Morgan fingerprint density at radius 1 is 1.47 bits per heavy atom. The molecule has 1 aromatic carbocycles. The van der Waals surface area contributed by atoms with E-state index in [1.807, 2.05) is 5.01 Å². The number of likely N-dealkylation sites (N-methyl/N-ethyl adjacent to an activating group) is 1. The molecule has 1 fully saturated rings. The molecule has 1 N–H and O–H groups in total. The maximum Gasteiger partial charge on any atom is 0.288 e. The van der Waals surface area contributed by atoms with Crippen molar-refractivity contribution in [1.29, 1.82) is 0 Å². The first-order chi connectivity index (χ1) is 9.06. The smallest absolute Gasteiger partial charge is 0.288 e. The Hall–Kier alpha value is -1.66. The zero-order chi connectivity index (χ0) is 13.8. The average molecular weight is 284 g/mol. The second kappa shape index (κ2) is 5.99. The molecule has 1 aromatic rings. The number of benzene rings is 1. The van der Waals surface area contributed by atoms with Crippen molar-refractivity contribution in [3.8, 4) is 0 Å². The summed E-state index contributed by atoms with van der Waals surface area (Å²) < 4.78 is 0. The lowest BCUT2D eigenvalue weighted by Crippen LogP contribution is -3.11. The van der Waals surface area contributed by atoms with Crippen LogP contribution >= 0.6 is 11.6 Å². The predicted octanol–water partition coefficient (Wildman–Crippen LogP) is 0.412. The van der Waals surface area contributed by atoms with Crippen LogP contribution in [0.3, 0.4) is 0 Å². The number of hydrogen-bond acceptors (Lipinski definition) is 4. The van der Waals surface area contributed by atoms with Crippen LogP contribution in [0.5, 0.6) is 0 Å². The Morgan fingerprint density at radius 2 is 2.16 bits per heavy atom. The summed E-state index contributed by atoms with van der Waals surface area (Å²) in [4.78, 5) is 11.8. The maximum absolute atomic E-state index is 10.8. The highest BCUT2D eigenvalue weighted by Gasteiger charge is 2.15. The molecule has 2 rings (SSSR count). The fraction of sp³-hybridized carbons (Fsp3) is 0.417. The van der Waals surface area contributed by atoms with Gasteiger partial charge < -0.3 is 4.90 Å². The van der Waals surface area contributed by atoms with Gasteiger partial charge in [-0.1, -0.05) is 17.7 Å². The van der Waals surface area contributed by atoms with E-state index in [0.29, 0.717) is 5.56 Å². The van der Waals surface area contributed by atoms with Crippen LogP contribution in [0.4, 0.5) is 5.69 Å². The number of quaternary nitrogens is 1. The minimum absolute atomic E-state index is 0.0894. The van der Waals surface area contributed by atoms with Crippen LogP contribution in [0, 0.1) is 10.1 Å². The normalized spacial score (nSPS) is 17.1. The van der Waals surface area contributed by atoms with E-state index in [1.54, 1.807) is 12.3 Å². The Balaban J connectivity index is 2.06. The molecule has 1 saturated heterocycles. The topological polar surface area (TPSA) is 63.2 Å². The summed E-state index contributed by atoms with van der Waals surface area (Å²) in [7, 11) is 2.16. The standard InChI is InChI=1S/C12H15ClN4O2/c1-15-4-6-16(7-5-15)14-9-10-2-3-11(13)12(8-10)17(18)19/h2-3,8-9H,4-7H2,1H3/p+1/b14-9-. The number of nitrogens with zero attached hydrogens (tertiary/aromatic N) is 3. The van der Waals surface area contributed by atoms with E-state index < -0.39 is 4.92 Å². The van der Waals surface area contributed by atoms with Gasteiger partial charge in [-0.2, -0.15) is 5.10 Å². The minimum atomic E-state index is -0.487. The van der Waals surface area contributed by atoms with Gasteiger partial charge in [0, 0.05) is 11.6 Å². The van der Waals surface area contributed by atoms with E-state index in [1.165, 1.54) is 17.0 Å². The molecule has 1 heterocycles. The van der Waals surface area contributed by atoms with E-state index in [0.717, 1.165) is 26.2 Å². The molecule has 0 bridgehead atoms. The first-order valence-corrected chi connectivity index (χ1v) is 6.48. The summed E-state index contributed by atoms with van der Waals surface area (Å²) in [6.07, 6.45) is 1.64. The van der Waals surface area contributed by atoms with Gasteiger partial charge in [0.1, 0.15) is 5.02 Å². The average Bonchev–Trinajstić information content (AvgIpc) is 2.39. The van der Waals surface area contributed by atoms with Crippen LogP contribution < -0.4 is 4.90 Å². The zero-order valence-electron chi connectivity index (χ0n) is 10.7. The van der Waals surface area contributed by atoms with E-state index in [4.69, 9.17) is 11.6 Å². The molecule has 0 spiro atoms. The van der Waals surface area contributed by atoms with Gasteiger partial charge in [0.15, 0.2) is 0 Å². The number of halogens is 1. The van der Waals surface area contributed by atoms with E-state index >= 15 is 0 Å². The Labute approximate surface area is 116 Å². The van der Waals surface area contributed by atoms with Crippen molar-refractivity contribution in [3.63, 3.8) is 0 Å². The molecule has 1 aliphatic rings. The van der Waals surface area contributed by atoms with Gasteiger partial charge in [-0.3, -0.25) is 15.1 Å². The van der Waals surface area contributed by atoms with Crippen molar-refractivity contribution >= 4 is 23.5 Å². The van der Waals surface area contributed by atoms with Crippen LogP contribution in [-0.2, 0) is 0 Å². The lowest BCUT2D eigenvalue weighted by Gasteiger charge is -2.27. The van der Waals surface area contributed by atoms with Crippen molar-refractivity contribution in [1.82, 2.24) is 5.01 Å². The number of hydrazone groups is 1. The monoisotopic (exact) mass is 283 g/mol. The third-order valence-corrected chi connectivity index (χ3v) is 3.45. The van der Waals surface area contributed by atoms with E-state index in [2.05, 4.69) is 12.1 Å². The molecule has 0 amide bonds. The molecule has 0 saturated carbocycles. The van der Waals surface area contributed by atoms with Crippen LogP contribution in [0.25, 0.3) is 0 Å². The highest BCUT2D eigenvalue weighted by atomic mass is 35.5. The quantitative estimate of drug-likeness (QED) is 0.497. The zero-order valence-corrected chi connectivity index (χ0v) is 11.4. The van der Waals surface area contributed by atoms with E-state index in [9.17, 15) is 10.1 Å². The molecule has 0 unspecified atom stereocenters. The molecule has 0 radical (unpaired) electrons. The van der Waals surface area contributed by atoms with Crippen LogP contribution in [0.2, 0.25) is 5.02 Å². The summed E-state index contributed by atoms with van der Waals surface area (Å²) in [6, 6.07) is 4.68. The summed E-state index contributed by atoms with van der Waals surface area (Å²) in [5.74, 6) is 0. The third kappa shape index (κ3) is 3.65. The predicted molar refractivity (Wildman–Crippen MR) is 73.9 cm³/mol.